The Labute approximate surface area is 175 Å². The molecule has 1 aromatic carbocycles. The maximum atomic E-state index is 12.5. The summed E-state index contributed by atoms with van der Waals surface area (Å²) in [6.07, 6.45) is 6.47. The van der Waals surface area contributed by atoms with Crippen LogP contribution in [-0.4, -0.2) is 62.8 Å². The Hall–Kier alpha value is -1.44. The SMILES string of the molecule is CC1CCN(CCCNC(=O)c2ccc(CS(=O)(=O)N3CCCCC3)cc2)CC1. The zero-order valence-electron chi connectivity index (χ0n) is 17.6. The molecule has 2 saturated heterocycles. The maximum Gasteiger partial charge on any atom is 0.251 e. The summed E-state index contributed by atoms with van der Waals surface area (Å²) in [4.78, 5) is 14.8. The second kappa shape index (κ2) is 10.5. The van der Waals surface area contributed by atoms with Gasteiger partial charge in [0.15, 0.2) is 0 Å². The van der Waals surface area contributed by atoms with Crippen molar-refractivity contribution in [1.29, 1.82) is 0 Å². The first-order chi connectivity index (χ1) is 13.9. The van der Waals surface area contributed by atoms with E-state index >= 15 is 0 Å². The van der Waals surface area contributed by atoms with E-state index in [9.17, 15) is 13.2 Å². The molecule has 0 aliphatic carbocycles. The number of nitrogens with one attached hydrogen (secondary N) is 1. The van der Waals surface area contributed by atoms with E-state index in [-0.39, 0.29) is 11.7 Å². The second-order valence-electron chi connectivity index (χ2n) is 8.55. The van der Waals surface area contributed by atoms with Crippen molar-refractivity contribution in [2.24, 2.45) is 5.92 Å². The third-order valence-electron chi connectivity index (χ3n) is 6.09. The fourth-order valence-electron chi connectivity index (χ4n) is 4.09. The number of amides is 1. The first-order valence-electron chi connectivity index (χ1n) is 11.0. The van der Waals surface area contributed by atoms with E-state index in [1.165, 1.54) is 12.8 Å². The van der Waals surface area contributed by atoms with Gasteiger partial charge >= 0.3 is 0 Å². The minimum atomic E-state index is -3.27. The average Bonchev–Trinajstić information content (AvgIpc) is 2.73. The van der Waals surface area contributed by atoms with Crippen molar-refractivity contribution < 1.29 is 13.2 Å². The number of likely N-dealkylation sites (tertiary alicyclic amines) is 1. The summed E-state index contributed by atoms with van der Waals surface area (Å²) in [6, 6.07) is 6.96. The number of hydrogen-bond donors (Lipinski definition) is 1. The fraction of sp³-hybridized carbons (Fsp3) is 0.682. The van der Waals surface area contributed by atoms with E-state index < -0.39 is 10.0 Å². The van der Waals surface area contributed by atoms with Gasteiger partial charge < -0.3 is 10.2 Å². The normalized spacial score (nSPS) is 19.9. The highest BCUT2D eigenvalue weighted by Crippen LogP contribution is 2.18. The monoisotopic (exact) mass is 421 g/mol. The van der Waals surface area contributed by atoms with E-state index in [1.54, 1.807) is 28.6 Å². The van der Waals surface area contributed by atoms with E-state index in [0.717, 1.165) is 56.8 Å². The molecule has 162 valence electrons. The Balaban J connectivity index is 1.41. The van der Waals surface area contributed by atoms with Gasteiger partial charge in [0, 0.05) is 25.2 Å². The quantitative estimate of drug-likeness (QED) is 0.656. The van der Waals surface area contributed by atoms with Crippen molar-refractivity contribution >= 4 is 15.9 Å². The lowest BCUT2D eigenvalue weighted by molar-refractivity contribution is 0.0950. The second-order valence-corrected chi connectivity index (χ2v) is 10.5. The van der Waals surface area contributed by atoms with Crippen molar-refractivity contribution in [2.45, 2.75) is 51.2 Å². The number of benzene rings is 1. The van der Waals surface area contributed by atoms with E-state index in [0.29, 0.717) is 25.2 Å². The van der Waals surface area contributed by atoms with Gasteiger partial charge in [-0.3, -0.25) is 4.79 Å². The molecule has 1 N–H and O–H groups in total. The van der Waals surface area contributed by atoms with Gasteiger partial charge in [0.25, 0.3) is 5.91 Å². The van der Waals surface area contributed by atoms with Crippen LogP contribution in [-0.2, 0) is 15.8 Å². The lowest BCUT2D eigenvalue weighted by Gasteiger charge is -2.30. The highest BCUT2D eigenvalue weighted by atomic mass is 32.2. The molecule has 0 radical (unpaired) electrons. The fourth-order valence-corrected chi connectivity index (χ4v) is 5.70. The first kappa shape index (κ1) is 22.2. The molecule has 3 rings (SSSR count). The first-order valence-corrected chi connectivity index (χ1v) is 12.6. The predicted octanol–water partition coefficient (Wildman–Crippen LogP) is 2.85. The maximum absolute atomic E-state index is 12.5. The van der Waals surface area contributed by atoms with Gasteiger partial charge in [-0.1, -0.05) is 25.5 Å². The zero-order chi connectivity index (χ0) is 20.7. The molecule has 1 amide bonds. The van der Waals surface area contributed by atoms with Gasteiger partial charge in [-0.2, -0.15) is 0 Å². The van der Waals surface area contributed by atoms with Crippen LogP contribution < -0.4 is 5.32 Å². The van der Waals surface area contributed by atoms with Crippen molar-refractivity contribution in [3.63, 3.8) is 0 Å². The van der Waals surface area contributed by atoms with Crippen LogP contribution in [0.4, 0.5) is 0 Å². The summed E-state index contributed by atoms with van der Waals surface area (Å²) in [7, 11) is -3.27. The summed E-state index contributed by atoms with van der Waals surface area (Å²) in [6.45, 7) is 7.58. The zero-order valence-corrected chi connectivity index (χ0v) is 18.4. The molecule has 0 bridgehead atoms. The third kappa shape index (κ3) is 6.79. The summed E-state index contributed by atoms with van der Waals surface area (Å²) in [5, 5.41) is 2.97. The smallest absolute Gasteiger partial charge is 0.251 e. The molecule has 1 aromatic rings. The van der Waals surface area contributed by atoms with Crippen LogP contribution >= 0.6 is 0 Å². The highest BCUT2D eigenvalue weighted by Gasteiger charge is 2.24. The molecule has 6 nitrogen and oxygen atoms in total. The Bertz CT molecular complexity index is 750. The molecule has 29 heavy (non-hydrogen) atoms. The standard InChI is InChI=1S/C22H35N3O3S/c1-19-10-16-24(17-11-19)13-5-12-23-22(26)21-8-6-20(7-9-21)18-29(27,28)25-14-3-2-4-15-25/h6-9,19H,2-5,10-18H2,1H3,(H,23,26). The van der Waals surface area contributed by atoms with E-state index in [2.05, 4.69) is 17.1 Å². The molecule has 0 saturated carbocycles. The van der Waals surface area contributed by atoms with Crippen LogP contribution in [0.2, 0.25) is 0 Å². The van der Waals surface area contributed by atoms with E-state index in [4.69, 9.17) is 0 Å². The molecule has 0 atom stereocenters. The third-order valence-corrected chi connectivity index (χ3v) is 7.94. The molecule has 2 fully saturated rings. The van der Waals surface area contributed by atoms with Crippen LogP contribution in [0.1, 0.15) is 61.4 Å². The van der Waals surface area contributed by atoms with Crippen molar-refractivity contribution in [3.8, 4) is 0 Å². The lowest BCUT2D eigenvalue weighted by Crippen LogP contribution is -2.36. The minimum Gasteiger partial charge on any atom is -0.352 e. The highest BCUT2D eigenvalue weighted by molar-refractivity contribution is 7.88. The van der Waals surface area contributed by atoms with Gasteiger partial charge in [-0.25, -0.2) is 12.7 Å². The molecular formula is C22H35N3O3S. The molecule has 7 heteroatoms. The number of piperidine rings is 2. The summed E-state index contributed by atoms with van der Waals surface area (Å²) < 4.78 is 26.7. The van der Waals surface area contributed by atoms with Crippen LogP contribution in [0.5, 0.6) is 0 Å². The summed E-state index contributed by atoms with van der Waals surface area (Å²) >= 11 is 0. The largest absolute Gasteiger partial charge is 0.352 e. The van der Waals surface area contributed by atoms with Gasteiger partial charge in [0.05, 0.1) is 5.75 Å². The number of carbonyl (C=O) groups is 1. The molecule has 0 spiro atoms. The van der Waals surface area contributed by atoms with Gasteiger partial charge in [-0.15, -0.1) is 0 Å². The number of carbonyl (C=O) groups excluding carboxylic acids is 1. The predicted molar refractivity (Wildman–Crippen MR) is 116 cm³/mol. The van der Waals surface area contributed by atoms with Crippen molar-refractivity contribution in [1.82, 2.24) is 14.5 Å². The Morgan fingerprint density at radius 2 is 1.69 bits per heavy atom. The summed E-state index contributed by atoms with van der Waals surface area (Å²) in [5.41, 5.74) is 1.31. The molecular weight excluding hydrogens is 386 g/mol. The van der Waals surface area contributed by atoms with Crippen molar-refractivity contribution in [2.75, 3.05) is 39.3 Å². The molecule has 0 aromatic heterocycles. The van der Waals surface area contributed by atoms with Gasteiger partial charge in [0.1, 0.15) is 0 Å². The Morgan fingerprint density at radius 3 is 2.34 bits per heavy atom. The summed E-state index contributed by atoms with van der Waals surface area (Å²) in [5.74, 6) is 0.745. The number of rotatable bonds is 8. The van der Waals surface area contributed by atoms with Crippen LogP contribution in [0.3, 0.4) is 0 Å². The topological polar surface area (TPSA) is 69.7 Å². The Morgan fingerprint density at radius 1 is 1.03 bits per heavy atom. The number of sulfonamides is 1. The average molecular weight is 422 g/mol. The van der Waals surface area contributed by atoms with Crippen LogP contribution in [0.15, 0.2) is 24.3 Å². The Kier molecular flexibility index (Phi) is 8.09. The van der Waals surface area contributed by atoms with Crippen molar-refractivity contribution in [3.05, 3.63) is 35.4 Å². The number of nitrogens with zero attached hydrogens (tertiary/aromatic N) is 2. The minimum absolute atomic E-state index is 0.00332. The van der Waals surface area contributed by atoms with Crippen LogP contribution in [0.25, 0.3) is 0 Å². The van der Waals surface area contributed by atoms with Crippen LogP contribution in [0, 0.1) is 5.92 Å². The molecule has 0 unspecified atom stereocenters. The number of hydrogen-bond acceptors (Lipinski definition) is 4. The molecule has 2 aliphatic rings. The lowest BCUT2D eigenvalue weighted by atomic mass is 9.99. The molecule has 2 aliphatic heterocycles. The van der Waals surface area contributed by atoms with Gasteiger partial charge in [0.2, 0.25) is 10.0 Å². The van der Waals surface area contributed by atoms with Gasteiger partial charge in [-0.05, 0) is 75.4 Å². The van der Waals surface area contributed by atoms with E-state index in [1.807, 2.05) is 0 Å². The molecule has 2 heterocycles.